The number of primary amides is 1. The number of nitrogen functional groups attached to an aromatic ring is 1. The van der Waals surface area contributed by atoms with Crippen molar-refractivity contribution < 1.29 is 17.9 Å². The van der Waals surface area contributed by atoms with Crippen LogP contribution in [0.15, 0.2) is 4.90 Å². The van der Waals surface area contributed by atoms with Crippen LogP contribution >= 0.6 is 11.3 Å². The van der Waals surface area contributed by atoms with E-state index in [4.69, 9.17) is 16.2 Å². The molecule has 106 valence electrons. The van der Waals surface area contributed by atoms with Gasteiger partial charge in [-0.2, -0.15) is 0 Å². The van der Waals surface area contributed by atoms with E-state index in [0.29, 0.717) is 31.3 Å². The van der Waals surface area contributed by atoms with Crippen molar-refractivity contribution in [2.45, 2.75) is 4.90 Å². The standard InChI is InChI=1S/C10H15N3O4S2/c1-19(15,16)8-6(11)7(9(12)14)18-10(8)13-2-4-17-5-3-13/h2-5,11H2,1H3,(H2,12,14). The monoisotopic (exact) mass is 305 g/mol. The Bertz CT molecular complexity index is 603. The molecule has 19 heavy (non-hydrogen) atoms. The maximum Gasteiger partial charge on any atom is 0.261 e. The number of ether oxygens (including phenoxy) is 1. The molecular weight excluding hydrogens is 290 g/mol. The molecule has 1 saturated heterocycles. The first-order chi connectivity index (χ1) is 8.82. The maximum atomic E-state index is 11.9. The Kier molecular flexibility index (Phi) is 3.70. The van der Waals surface area contributed by atoms with Crippen molar-refractivity contribution in [2.75, 3.05) is 43.2 Å². The second kappa shape index (κ2) is 4.99. The van der Waals surface area contributed by atoms with E-state index < -0.39 is 15.7 Å². The fourth-order valence-corrected chi connectivity index (χ4v) is 4.54. The van der Waals surface area contributed by atoms with Crippen LogP contribution in [0, 0.1) is 0 Å². The Labute approximate surface area is 115 Å². The molecule has 0 radical (unpaired) electrons. The lowest BCUT2D eigenvalue weighted by molar-refractivity contribution is 0.100. The largest absolute Gasteiger partial charge is 0.396 e. The Balaban J connectivity index is 2.58. The van der Waals surface area contributed by atoms with Crippen LogP contribution in [0.25, 0.3) is 0 Å². The third-order valence-corrected chi connectivity index (χ3v) is 5.34. The molecule has 4 N–H and O–H groups in total. The van der Waals surface area contributed by atoms with E-state index in [1.165, 1.54) is 0 Å². The Hall–Kier alpha value is -1.32. The van der Waals surface area contributed by atoms with E-state index >= 15 is 0 Å². The van der Waals surface area contributed by atoms with Gasteiger partial charge in [0, 0.05) is 19.3 Å². The number of sulfone groups is 1. The third-order valence-electron chi connectivity index (χ3n) is 2.78. The molecule has 7 nitrogen and oxygen atoms in total. The van der Waals surface area contributed by atoms with Crippen molar-refractivity contribution in [1.82, 2.24) is 0 Å². The van der Waals surface area contributed by atoms with Crippen LogP contribution in [-0.4, -0.2) is 46.9 Å². The number of morpholine rings is 1. The van der Waals surface area contributed by atoms with Crippen molar-refractivity contribution in [2.24, 2.45) is 5.73 Å². The first-order valence-corrected chi connectivity index (χ1v) is 8.28. The molecule has 0 unspecified atom stereocenters. The number of hydrogen-bond donors (Lipinski definition) is 2. The molecule has 1 amide bonds. The van der Waals surface area contributed by atoms with Gasteiger partial charge >= 0.3 is 0 Å². The number of carbonyl (C=O) groups is 1. The summed E-state index contributed by atoms with van der Waals surface area (Å²) in [6.07, 6.45) is 1.07. The molecule has 0 saturated carbocycles. The van der Waals surface area contributed by atoms with Crippen molar-refractivity contribution in [3.05, 3.63) is 4.88 Å². The molecule has 0 aliphatic carbocycles. The summed E-state index contributed by atoms with van der Waals surface area (Å²) in [5.74, 6) is -0.716. The average molecular weight is 305 g/mol. The zero-order valence-corrected chi connectivity index (χ0v) is 12.0. The van der Waals surface area contributed by atoms with Gasteiger partial charge in [0.15, 0.2) is 9.84 Å². The topological polar surface area (TPSA) is 116 Å². The molecule has 0 aromatic carbocycles. The zero-order chi connectivity index (χ0) is 14.2. The van der Waals surface area contributed by atoms with E-state index in [1.807, 2.05) is 4.90 Å². The van der Waals surface area contributed by atoms with Gasteiger partial charge < -0.3 is 21.1 Å². The second-order valence-electron chi connectivity index (χ2n) is 4.21. The number of hydrogen-bond acceptors (Lipinski definition) is 7. The predicted molar refractivity (Wildman–Crippen MR) is 73.4 cm³/mol. The predicted octanol–water partition coefficient (Wildman–Crippen LogP) is -0.331. The Morgan fingerprint density at radius 2 is 1.95 bits per heavy atom. The van der Waals surface area contributed by atoms with Gasteiger partial charge in [-0.15, -0.1) is 11.3 Å². The van der Waals surface area contributed by atoms with Gasteiger partial charge in [0.25, 0.3) is 5.91 Å². The molecule has 0 atom stereocenters. The molecule has 0 bridgehead atoms. The average Bonchev–Trinajstić information content (AvgIpc) is 2.68. The molecule has 0 spiro atoms. The lowest BCUT2D eigenvalue weighted by Crippen LogP contribution is -2.36. The summed E-state index contributed by atoms with van der Waals surface area (Å²) >= 11 is 1.02. The van der Waals surface area contributed by atoms with Crippen LogP contribution in [0.5, 0.6) is 0 Å². The van der Waals surface area contributed by atoms with E-state index in [9.17, 15) is 13.2 Å². The fourth-order valence-electron chi connectivity index (χ4n) is 1.93. The van der Waals surface area contributed by atoms with Crippen LogP contribution in [-0.2, 0) is 14.6 Å². The smallest absolute Gasteiger partial charge is 0.261 e. The summed E-state index contributed by atoms with van der Waals surface area (Å²) in [6.45, 7) is 2.13. The van der Waals surface area contributed by atoms with Crippen molar-refractivity contribution >= 4 is 37.8 Å². The van der Waals surface area contributed by atoms with Crippen molar-refractivity contribution in [3.8, 4) is 0 Å². The molecule has 2 heterocycles. The van der Waals surface area contributed by atoms with E-state index in [1.54, 1.807) is 0 Å². The SMILES string of the molecule is CS(=O)(=O)c1c(N2CCOCC2)sc(C(N)=O)c1N. The number of nitrogens with zero attached hydrogens (tertiary/aromatic N) is 1. The summed E-state index contributed by atoms with van der Waals surface area (Å²) < 4.78 is 29.0. The summed E-state index contributed by atoms with van der Waals surface area (Å²) in [5, 5.41) is 0.470. The summed E-state index contributed by atoms with van der Waals surface area (Å²) in [6, 6.07) is 0. The molecule has 1 fully saturated rings. The van der Waals surface area contributed by atoms with Gasteiger partial charge in [-0.05, 0) is 0 Å². The summed E-state index contributed by atoms with van der Waals surface area (Å²) in [7, 11) is -3.53. The normalized spacial score (nSPS) is 16.6. The number of rotatable bonds is 3. The zero-order valence-electron chi connectivity index (χ0n) is 10.4. The second-order valence-corrected chi connectivity index (χ2v) is 7.17. The van der Waals surface area contributed by atoms with Crippen LogP contribution in [0.1, 0.15) is 9.67 Å². The number of anilines is 2. The minimum atomic E-state index is -3.53. The van der Waals surface area contributed by atoms with Gasteiger partial charge in [0.2, 0.25) is 0 Å². The number of nitrogens with two attached hydrogens (primary N) is 2. The molecular formula is C10H15N3O4S2. The highest BCUT2D eigenvalue weighted by atomic mass is 32.2. The van der Waals surface area contributed by atoms with Gasteiger partial charge in [-0.3, -0.25) is 4.79 Å². The lowest BCUT2D eigenvalue weighted by atomic mass is 10.3. The van der Waals surface area contributed by atoms with Crippen LogP contribution in [0.3, 0.4) is 0 Å². The van der Waals surface area contributed by atoms with Crippen LogP contribution < -0.4 is 16.4 Å². The molecule has 2 rings (SSSR count). The first-order valence-electron chi connectivity index (χ1n) is 5.57. The number of thiophene rings is 1. The van der Waals surface area contributed by atoms with Crippen molar-refractivity contribution in [1.29, 1.82) is 0 Å². The number of amides is 1. The minimum Gasteiger partial charge on any atom is -0.396 e. The lowest BCUT2D eigenvalue weighted by Gasteiger charge is -2.28. The van der Waals surface area contributed by atoms with Gasteiger partial charge in [0.1, 0.15) is 14.8 Å². The van der Waals surface area contributed by atoms with E-state index in [0.717, 1.165) is 17.6 Å². The molecule has 1 aliphatic heterocycles. The van der Waals surface area contributed by atoms with Crippen molar-refractivity contribution in [3.63, 3.8) is 0 Å². The minimum absolute atomic E-state index is 0.00630. The Morgan fingerprint density at radius 3 is 2.42 bits per heavy atom. The highest BCUT2D eigenvalue weighted by Gasteiger charge is 2.29. The number of carbonyl (C=O) groups excluding carboxylic acids is 1. The van der Waals surface area contributed by atoms with Crippen LogP contribution in [0.2, 0.25) is 0 Å². The molecule has 1 aromatic heterocycles. The Morgan fingerprint density at radius 1 is 1.37 bits per heavy atom. The van der Waals surface area contributed by atoms with Gasteiger partial charge in [0.05, 0.1) is 18.9 Å². The van der Waals surface area contributed by atoms with Crippen LogP contribution in [0.4, 0.5) is 10.7 Å². The highest BCUT2D eigenvalue weighted by Crippen LogP contribution is 2.41. The quantitative estimate of drug-likeness (QED) is 0.790. The highest BCUT2D eigenvalue weighted by molar-refractivity contribution is 7.91. The van der Waals surface area contributed by atoms with E-state index in [2.05, 4.69) is 0 Å². The van der Waals surface area contributed by atoms with Gasteiger partial charge in [-0.1, -0.05) is 0 Å². The summed E-state index contributed by atoms with van der Waals surface area (Å²) in [4.78, 5) is 13.2. The van der Waals surface area contributed by atoms with Gasteiger partial charge in [-0.25, -0.2) is 8.42 Å². The fraction of sp³-hybridized carbons (Fsp3) is 0.500. The van der Waals surface area contributed by atoms with E-state index in [-0.39, 0.29) is 15.5 Å². The summed E-state index contributed by atoms with van der Waals surface area (Å²) in [5.41, 5.74) is 10.9. The third kappa shape index (κ3) is 2.67. The first kappa shape index (κ1) is 14.1. The molecule has 9 heteroatoms. The molecule has 1 aromatic rings. The molecule has 1 aliphatic rings. The maximum absolute atomic E-state index is 11.9.